The second kappa shape index (κ2) is 8.29. The Balaban J connectivity index is 1.75. The summed E-state index contributed by atoms with van der Waals surface area (Å²) in [5, 5.41) is 4.89. The summed E-state index contributed by atoms with van der Waals surface area (Å²) in [6.07, 6.45) is 2.11. The fraction of sp³-hybridized carbons (Fsp3) is 0.625. The van der Waals surface area contributed by atoms with Gasteiger partial charge in [0.15, 0.2) is 0 Å². The van der Waals surface area contributed by atoms with Gasteiger partial charge >= 0.3 is 0 Å². The Morgan fingerprint density at radius 3 is 2.59 bits per heavy atom. The van der Waals surface area contributed by atoms with E-state index < -0.39 is 0 Å². The maximum atomic E-state index is 12.4. The molecule has 1 aliphatic heterocycles. The number of aryl methyl sites for hydroxylation is 1. The average molecular weight is 323 g/mol. The van der Waals surface area contributed by atoms with Crippen LogP contribution in [0.3, 0.4) is 0 Å². The van der Waals surface area contributed by atoms with Crippen molar-refractivity contribution in [2.45, 2.75) is 26.7 Å². The molecule has 0 radical (unpaired) electrons. The minimum Gasteiger partial charge on any atom is -0.355 e. The maximum absolute atomic E-state index is 12.4. The van der Waals surface area contributed by atoms with Crippen molar-refractivity contribution in [1.29, 1.82) is 0 Å². The van der Waals surface area contributed by atoms with Crippen molar-refractivity contribution in [3.05, 3.63) is 21.9 Å². The van der Waals surface area contributed by atoms with E-state index in [-0.39, 0.29) is 11.8 Å². The SMILES string of the molecule is CCCCNC(=O)CN1CCN(C(=O)c2sccc2C)CC1. The highest BCUT2D eigenvalue weighted by Crippen LogP contribution is 2.18. The quantitative estimate of drug-likeness (QED) is 0.811. The van der Waals surface area contributed by atoms with Gasteiger partial charge in [0, 0.05) is 32.7 Å². The average Bonchev–Trinajstić information content (AvgIpc) is 2.94. The Hall–Kier alpha value is -1.40. The Morgan fingerprint density at radius 2 is 2.00 bits per heavy atom. The van der Waals surface area contributed by atoms with Gasteiger partial charge in [0.05, 0.1) is 11.4 Å². The first-order chi connectivity index (χ1) is 10.6. The van der Waals surface area contributed by atoms with Crippen LogP contribution in [0.15, 0.2) is 11.4 Å². The zero-order valence-electron chi connectivity index (χ0n) is 13.4. The molecule has 2 amide bonds. The number of nitrogens with one attached hydrogen (secondary N) is 1. The van der Waals surface area contributed by atoms with Gasteiger partial charge in [-0.3, -0.25) is 14.5 Å². The molecule has 0 atom stereocenters. The molecule has 1 aromatic rings. The molecular weight excluding hydrogens is 298 g/mol. The largest absolute Gasteiger partial charge is 0.355 e. The van der Waals surface area contributed by atoms with Gasteiger partial charge in [0.2, 0.25) is 5.91 Å². The predicted octanol–water partition coefficient (Wildman–Crippen LogP) is 1.73. The summed E-state index contributed by atoms with van der Waals surface area (Å²) in [5.74, 6) is 0.210. The molecule has 0 spiro atoms. The van der Waals surface area contributed by atoms with E-state index >= 15 is 0 Å². The number of rotatable bonds is 6. The first-order valence-electron chi connectivity index (χ1n) is 7.94. The lowest BCUT2D eigenvalue weighted by Gasteiger charge is -2.34. The summed E-state index contributed by atoms with van der Waals surface area (Å²) in [6, 6.07) is 1.98. The van der Waals surface area contributed by atoms with Crippen LogP contribution >= 0.6 is 11.3 Å². The van der Waals surface area contributed by atoms with E-state index in [2.05, 4.69) is 17.1 Å². The Labute approximate surface area is 136 Å². The molecular formula is C16H25N3O2S. The van der Waals surface area contributed by atoms with E-state index in [1.807, 2.05) is 23.3 Å². The van der Waals surface area contributed by atoms with Gasteiger partial charge in [-0.15, -0.1) is 11.3 Å². The molecule has 1 fully saturated rings. The highest BCUT2D eigenvalue weighted by molar-refractivity contribution is 7.12. The van der Waals surface area contributed by atoms with Crippen LogP contribution in [0, 0.1) is 6.92 Å². The Bertz CT molecular complexity index is 507. The van der Waals surface area contributed by atoms with Crippen LogP contribution in [-0.2, 0) is 4.79 Å². The Morgan fingerprint density at radius 1 is 1.27 bits per heavy atom. The van der Waals surface area contributed by atoms with Crippen molar-refractivity contribution < 1.29 is 9.59 Å². The second-order valence-electron chi connectivity index (χ2n) is 5.70. The number of hydrogen-bond donors (Lipinski definition) is 1. The summed E-state index contributed by atoms with van der Waals surface area (Å²) < 4.78 is 0. The molecule has 1 saturated heterocycles. The predicted molar refractivity (Wildman–Crippen MR) is 89.3 cm³/mol. The van der Waals surface area contributed by atoms with Crippen molar-refractivity contribution in [2.75, 3.05) is 39.3 Å². The molecule has 22 heavy (non-hydrogen) atoms. The number of carbonyl (C=O) groups is 2. The van der Waals surface area contributed by atoms with Crippen LogP contribution < -0.4 is 5.32 Å². The first-order valence-corrected chi connectivity index (χ1v) is 8.82. The van der Waals surface area contributed by atoms with Crippen LogP contribution in [0.25, 0.3) is 0 Å². The van der Waals surface area contributed by atoms with E-state index in [9.17, 15) is 9.59 Å². The maximum Gasteiger partial charge on any atom is 0.264 e. The zero-order chi connectivity index (χ0) is 15.9. The van der Waals surface area contributed by atoms with Gasteiger partial charge in [0.25, 0.3) is 5.91 Å². The topological polar surface area (TPSA) is 52.7 Å². The fourth-order valence-corrected chi connectivity index (χ4v) is 3.40. The summed E-state index contributed by atoms with van der Waals surface area (Å²) in [4.78, 5) is 29.1. The molecule has 0 unspecified atom stereocenters. The highest BCUT2D eigenvalue weighted by Gasteiger charge is 2.24. The molecule has 0 aromatic carbocycles. The smallest absolute Gasteiger partial charge is 0.264 e. The molecule has 0 aliphatic carbocycles. The van der Waals surface area contributed by atoms with Crippen LogP contribution in [0.4, 0.5) is 0 Å². The molecule has 2 rings (SSSR count). The van der Waals surface area contributed by atoms with Crippen molar-refractivity contribution in [3.63, 3.8) is 0 Å². The lowest BCUT2D eigenvalue weighted by atomic mass is 10.2. The third-order valence-electron chi connectivity index (χ3n) is 3.94. The van der Waals surface area contributed by atoms with E-state index in [1.165, 1.54) is 11.3 Å². The summed E-state index contributed by atoms with van der Waals surface area (Å²) in [7, 11) is 0. The van der Waals surface area contributed by atoms with E-state index in [0.29, 0.717) is 19.6 Å². The monoisotopic (exact) mass is 323 g/mol. The molecule has 5 nitrogen and oxygen atoms in total. The molecule has 0 bridgehead atoms. The molecule has 1 aliphatic rings. The normalized spacial score (nSPS) is 15.8. The van der Waals surface area contributed by atoms with Crippen LogP contribution in [-0.4, -0.2) is 60.9 Å². The lowest BCUT2D eigenvalue weighted by molar-refractivity contribution is -0.122. The molecule has 2 heterocycles. The molecule has 0 saturated carbocycles. The van der Waals surface area contributed by atoms with E-state index in [0.717, 1.165) is 42.9 Å². The van der Waals surface area contributed by atoms with Crippen LogP contribution in [0.1, 0.15) is 35.0 Å². The van der Waals surface area contributed by atoms with Gasteiger partial charge in [0.1, 0.15) is 0 Å². The molecule has 1 aromatic heterocycles. The molecule has 1 N–H and O–H groups in total. The molecule has 122 valence electrons. The highest BCUT2D eigenvalue weighted by atomic mass is 32.1. The van der Waals surface area contributed by atoms with Crippen molar-refractivity contribution >= 4 is 23.2 Å². The second-order valence-corrected chi connectivity index (χ2v) is 6.62. The summed E-state index contributed by atoms with van der Waals surface area (Å²) >= 11 is 1.51. The van der Waals surface area contributed by atoms with Gasteiger partial charge in [-0.25, -0.2) is 0 Å². The van der Waals surface area contributed by atoms with Crippen molar-refractivity contribution in [2.24, 2.45) is 0 Å². The fourth-order valence-electron chi connectivity index (χ4n) is 2.51. The number of thiophene rings is 1. The zero-order valence-corrected chi connectivity index (χ0v) is 14.2. The van der Waals surface area contributed by atoms with E-state index in [1.54, 1.807) is 0 Å². The molecule has 6 heteroatoms. The van der Waals surface area contributed by atoms with Crippen molar-refractivity contribution in [3.8, 4) is 0 Å². The summed E-state index contributed by atoms with van der Waals surface area (Å²) in [5.41, 5.74) is 1.05. The number of unbranched alkanes of at least 4 members (excludes halogenated alkanes) is 1. The van der Waals surface area contributed by atoms with Gasteiger partial charge in [-0.1, -0.05) is 13.3 Å². The minimum atomic E-state index is 0.0855. The minimum absolute atomic E-state index is 0.0855. The van der Waals surface area contributed by atoms with Gasteiger partial charge in [-0.05, 0) is 30.4 Å². The first kappa shape index (κ1) is 17.0. The van der Waals surface area contributed by atoms with Crippen LogP contribution in [0.2, 0.25) is 0 Å². The summed E-state index contributed by atoms with van der Waals surface area (Å²) in [6.45, 7) is 8.18. The van der Waals surface area contributed by atoms with Gasteiger partial charge < -0.3 is 10.2 Å². The standard InChI is InChI=1S/C16H25N3O2S/c1-3-4-6-17-14(20)12-18-7-9-19(10-8-18)16(21)15-13(2)5-11-22-15/h5,11H,3-4,6-10,12H2,1-2H3,(H,17,20). The number of amides is 2. The number of piperazine rings is 1. The van der Waals surface area contributed by atoms with Gasteiger partial charge in [-0.2, -0.15) is 0 Å². The number of carbonyl (C=O) groups excluding carboxylic acids is 2. The van der Waals surface area contributed by atoms with Crippen molar-refractivity contribution in [1.82, 2.24) is 15.1 Å². The number of nitrogens with zero attached hydrogens (tertiary/aromatic N) is 2. The van der Waals surface area contributed by atoms with E-state index in [4.69, 9.17) is 0 Å². The Kier molecular flexibility index (Phi) is 6.39. The third kappa shape index (κ3) is 4.55. The number of hydrogen-bond acceptors (Lipinski definition) is 4. The van der Waals surface area contributed by atoms with Crippen LogP contribution in [0.5, 0.6) is 0 Å². The third-order valence-corrected chi connectivity index (χ3v) is 4.94. The lowest BCUT2D eigenvalue weighted by Crippen LogP contribution is -2.51.